The molecule has 3 aromatic heterocycles. The van der Waals surface area contributed by atoms with E-state index in [4.69, 9.17) is 9.72 Å². The van der Waals surface area contributed by atoms with E-state index in [1.807, 2.05) is 6.07 Å². The van der Waals surface area contributed by atoms with Gasteiger partial charge in [0.1, 0.15) is 17.3 Å². The molecular weight excluding hydrogens is 374 g/mol. The Balaban J connectivity index is 1.78. The lowest BCUT2D eigenvalue weighted by atomic mass is 10.2. The summed E-state index contributed by atoms with van der Waals surface area (Å²) in [4.78, 5) is 5.93. The Morgan fingerprint density at radius 1 is 1.11 bits per heavy atom. The van der Waals surface area contributed by atoms with Crippen LogP contribution in [0, 0.1) is 6.92 Å². The first kappa shape index (κ1) is 16.4. The van der Waals surface area contributed by atoms with Crippen LogP contribution in [0.1, 0.15) is 5.56 Å². The van der Waals surface area contributed by atoms with E-state index in [0.717, 1.165) is 43.7 Å². The van der Waals surface area contributed by atoms with Gasteiger partial charge in [0.15, 0.2) is 4.96 Å². The molecule has 0 unspecified atom stereocenters. The fourth-order valence-electron chi connectivity index (χ4n) is 3.23. The molecule has 0 radical (unpaired) electrons. The number of methoxy groups -OCH3 is 1. The summed E-state index contributed by atoms with van der Waals surface area (Å²) in [5, 5.41) is 7.87. The van der Waals surface area contributed by atoms with Crippen LogP contribution in [-0.2, 0) is 0 Å². The van der Waals surface area contributed by atoms with Crippen molar-refractivity contribution in [2.24, 2.45) is 0 Å². The third kappa shape index (κ3) is 2.69. The summed E-state index contributed by atoms with van der Waals surface area (Å²) in [7, 11) is 1.69. The summed E-state index contributed by atoms with van der Waals surface area (Å²) in [6.45, 7) is 2.11. The average Bonchev–Trinajstić information content (AvgIpc) is 3.39. The average molecular weight is 392 g/mol. The van der Waals surface area contributed by atoms with Gasteiger partial charge in [-0.2, -0.15) is 11.3 Å². The number of thiophene rings is 1. The van der Waals surface area contributed by atoms with Crippen molar-refractivity contribution in [1.29, 1.82) is 0 Å². The smallest absolute Gasteiger partial charge is 0.197 e. The van der Waals surface area contributed by atoms with Crippen LogP contribution in [0.5, 0.6) is 5.75 Å². The number of aryl methyl sites for hydroxylation is 1. The maximum Gasteiger partial charge on any atom is 0.197 e. The fourth-order valence-corrected chi connectivity index (χ4v) is 4.93. The fraction of sp³-hybridized carbons (Fsp3) is 0.0952. The zero-order valence-electron chi connectivity index (χ0n) is 14.9. The number of hydrogen-bond donors (Lipinski definition) is 1. The highest BCUT2D eigenvalue weighted by Crippen LogP contribution is 2.39. The van der Waals surface area contributed by atoms with Gasteiger partial charge in [-0.25, -0.2) is 4.98 Å². The molecule has 0 aliphatic heterocycles. The normalized spacial score (nSPS) is 11.3. The van der Waals surface area contributed by atoms with Crippen LogP contribution in [0.15, 0.2) is 59.3 Å². The molecule has 134 valence electrons. The predicted octanol–water partition coefficient (Wildman–Crippen LogP) is 6.34. The third-order valence-electron chi connectivity index (χ3n) is 4.65. The van der Waals surface area contributed by atoms with Gasteiger partial charge in [0.25, 0.3) is 0 Å². The van der Waals surface area contributed by atoms with E-state index in [-0.39, 0.29) is 0 Å². The van der Waals surface area contributed by atoms with E-state index >= 15 is 0 Å². The number of imidazole rings is 1. The molecule has 0 aliphatic rings. The van der Waals surface area contributed by atoms with E-state index in [1.165, 1.54) is 5.56 Å². The van der Waals surface area contributed by atoms with Gasteiger partial charge < -0.3 is 10.1 Å². The summed E-state index contributed by atoms with van der Waals surface area (Å²) in [6, 6.07) is 16.6. The molecule has 2 aromatic carbocycles. The Morgan fingerprint density at radius 3 is 2.78 bits per heavy atom. The Labute approximate surface area is 164 Å². The van der Waals surface area contributed by atoms with E-state index < -0.39 is 0 Å². The number of nitrogens with zero attached hydrogens (tertiary/aromatic N) is 2. The number of fused-ring (bicyclic) bond motifs is 3. The summed E-state index contributed by atoms with van der Waals surface area (Å²) in [5.74, 6) is 1.85. The second-order valence-electron chi connectivity index (χ2n) is 6.31. The van der Waals surface area contributed by atoms with Gasteiger partial charge in [-0.15, -0.1) is 0 Å². The molecule has 3 heterocycles. The molecular formula is C21H17N3OS2. The second kappa shape index (κ2) is 6.40. The van der Waals surface area contributed by atoms with Gasteiger partial charge in [0.2, 0.25) is 0 Å². The maximum absolute atomic E-state index is 5.38. The number of ether oxygens (including phenoxy) is 1. The zero-order chi connectivity index (χ0) is 18.4. The van der Waals surface area contributed by atoms with Crippen LogP contribution in [0.25, 0.3) is 26.4 Å². The number of aromatic nitrogens is 2. The van der Waals surface area contributed by atoms with Gasteiger partial charge in [-0.1, -0.05) is 29.5 Å². The lowest BCUT2D eigenvalue weighted by Crippen LogP contribution is -1.98. The molecule has 0 amide bonds. The van der Waals surface area contributed by atoms with Crippen molar-refractivity contribution in [2.75, 3.05) is 12.4 Å². The quantitative estimate of drug-likeness (QED) is 0.388. The number of thiazole rings is 1. The van der Waals surface area contributed by atoms with Crippen molar-refractivity contribution >= 4 is 49.4 Å². The molecule has 1 N–H and O–H groups in total. The van der Waals surface area contributed by atoms with E-state index in [9.17, 15) is 0 Å². The summed E-state index contributed by atoms with van der Waals surface area (Å²) in [5.41, 5.74) is 5.52. The van der Waals surface area contributed by atoms with Crippen molar-refractivity contribution in [2.45, 2.75) is 6.92 Å². The van der Waals surface area contributed by atoms with Crippen molar-refractivity contribution in [3.8, 4) is 17.0 Å². The number of benzene rings is 2. The number of para-hydroxylation sites is 1. The first-order valence-corrected chi connectivity index (χ1v) is 10.3. The molecule has 5 rings (SSSR count). The number of anilines is 2. The lowest BCUT2D eigenvalue weighted by molar-refractivity contribution is 0.415. The monoisotopic (exact) mass is 391 g/mol. The van der Waals surface area contributed by atoms with E-state index in [2.05, 4.69) is 69.9 Å². The second-order valence-corrected chi connectivity index (χ2v) is 8.10. The highest BCUT2D eigenvalue weighted by Gasteiger charge is 2.19. The molecule has 5 aromatic rings. The van der Waals surface area contributed by atoms with Crippen LogP contribution in [0.4, 0.5) is 11.5 Å². The number of hydrogen-bond acceptors (Lipinski definition) is 5. The molecule has 4 nitrogen and oxygen atoms in total. The van der Waals surface area contributed by atoms with Gasteiger partial charge in [0, 0.05) is 16.6 Å². The Bertz CT molecular complexity index is 1250. The van der Waals surface area contributed by atoms with Gasteiger partial charge in [-0.05, 0) is 48.2 Å². The summed E-state index contributed by atoms with van der Waals surface area (Å²) >= 11 is 3.36. The molecule has 0 aliphatic carbocycles. The van der Waals surface area contributed by atoms with E-state index in [0.29, 0.717) is 0 Å². The Hall–Kier alpha value is -2.83. The minimum Gasteiger partial charge on any atom is -0.497 e. The minimum atomic E-state index is 0.860. The van der Waals surface area contributed by atoms with Crippen molar-refractivity contribution in [3.05, 3.63) is 64.9 Å². The molecule has 0 atom stereocenters. The molecule has 0 saturated carbocycles. The van der Waals surface area contributed by atoms with Crippen LogP contribution >= 0.6 is 22.7 Å². The van der Waals surface area contributed by atoms with Gasteiger partial charge in [-0.3, -0.25) is 4.40 Å². The third-order valence-corrected chi connectivity index (χ3v) is 6.34. The number of rotatable bonds is 4. The van der Waals surface area contributed by atoms with Crippen LogP contribution < -0.4 is 10.1 Å². The highest BCUT2D eigenvalue weighted by atomic mass is 32.1. The summed E-state index contributed by atoms with van der Waals surface area (Å²) < 4.78 is 8.74. The molecule has 0 bridgehead atoms. The molecule has 6 heteroatoms. The molecule has 27 heavy (non-hydrogen) atoms. The van der Waals surface area contributed by atoms with Gasteiger partial charge in [0.05, 0.1) is 17.3 Å². The zero-order valence-corrected chi connectivity index (χ0v) is 16.5. The first-order chi connectivity index (χ1) is 13.2. The Morgan fingerprint density at radius 2 is 2.00 bits per heavy atom. The maximum atomic E-state index is 5.38. The van der Waals surface area contributed by atoms with Gasteiger partial charge >= 0.3 is 0 Å². The lowest BCUT2D eigenvalue weighted by Gasteiger charge is -2.11. The van der Waals surface area contributed by atoms with Crippen molar-refractivity contribution in [3.63, 3.8) is 0 Å². The van der Waals surface area contributed by atoms with Crippen molar-refractivity contribution in [1.82, 2.24) is 9.38 Å². The SMILES string of the molecule is COc1ccc2c(c1)sc1nc(-c3ccsc3)c(Nc3ccccc3C)n12. The topological polar surface area (TPSA) is 38.6 Å². The minimum absolute atomic E-state index is 0.860. The molecule has 0 saturated heterocycles. The highest BCUT2D eigenvalue weighted by molar-refractivity contribution is 7.23. The van der Waals surface area contributed by atoms with Crippen LogP contribution in [0.3, 0.4) is 0 Å². The first-order valence-electron chi connectivity index (χ1n) is 8.59. The summed E-state index contributed by atoms with van der Waals surface area (Å²) in [6.07, 6.45) is 0. The number of nitrogens with one attached hydrogen (secondary N) is 1. The van der Waals surface area contributed by atoms with Crippen LogP contribution in [-0.4, -0.2) is 16.5 Å². The van der Waals surface area contributed by atoms with E-state index in [1.54, 1.807) is 29.8 Å². The standard InChI is InChI=1S/C21H17N3OS2/c1-13-5-3-4-6-16(13)22-20-19(14-9-10-26-12-14)23-21-24(20)17-8-7-15(25-2)11-18(17)27-21/h3-12,22H,1-2H3. The molecule has 0 spiro atoms. The Kier molecular flexibility index (Phi) is 3.88. The largest absolute Gasteiger partial charge is 0.497 e. The molecule has 0 fully saturated rings. The predicted molar refractivity (Wildman–Crippen MR) is 115 cm³/mol. The van der Waals surface area contributed by atoms with Crippen molar-refractivity contribution < 1.29 is 4.74 Å². The van der Waals surface area contributed by atoms with Crippen LogP contribution in [0.2, 0.25) is 0 Å².